The normalized spacial score (nSPS) is 12.8. The highest BCUT2D eigenvalue weighted by Gasteiger charge is 2.11. The Bertz CT molecular complexity index is 545. The molecule has 0 radical (unpaired) electrons. The van der Waals surface area contributed by atoms with Crippen molar-refractivity contribution in [1.82, 2.24) is 9.55 Å². The molecule has 0 aliphatic rings. The number of aromatic nitrogens is 2. The first kappa shape index (κ1) is 11.6. The van der Waals surface area contributed by atoms with Crippen LogP contribution in [0.3, 0.4) is 0 Å². The van der Waals surface area contributed by atoms with Crippen LogP contribution < -0.4 is 0 Å². The Kier molecular flexibility index (Phi) is 3.13. The Hall–Kier alpha value is -1.84. The fraction of sp³-hybridized carbons (Fsp3) is 0.385. The van der Waals surface area contributed by atoms with Crippen molar-refractivity contribution in [2.75, 3.05) is 0 Å². The number of benzene rings is 1. The van der Waals surface area contributed by atoms with Crippen molar-refractivity contribution in [1.29, 1.82) is 0 Å². The van der Waals surface area contributed by atoms with Crippen LogP contribution in [0.4, 0.5) is 0 Å². The zero-order chi connectivity index (χ0) is 12.4. The summed E-state index contributed by atoms with van der Waals surface area (Å²) in [6.45, 7) is 4.88. The molecule has 90 valence electrons. The van der Waals surface area contributed by atoms with Crippen LogP contribution in [0.25, 0.3) is 11.0 Å². The van der Waals surface area contributed by atoms with Gasteiger partial charge in [0, 0.05) is 6.54 Å². The maximum absolute atomic E-state index is 10.7. The summed E-state index contributed by atoms with van der Waals surface area (Å²) in [5, 5.41) is 8.78. The SMILES string of the molecule is CCn1cnc2cc(C(C)CC(=O)O)ccc21. The van der Waals surface area contributed by atoms with E-state index in [1.54, 1.807) is 0 Å². The van der Waals surface area contributed by atoms with Gasteiger partial charge >= 0.3 is 5.97 Å². The Morgan fingerprint density at radius 3 is 2.94 bits per heavy atom. The summed E-state index contributed by atoms with van der Waals surface area (Å²) in [6, 6.07) is 5.98. The summed E-state index contributed by atoms with van der Waals surface area (Å²) in [5.74, 6) is -0.750. The van der Waals surface area contributed by atoms with E-state index in [0.29, 0.717) is 0 Å². The van der Waals surface area contributed by atoms with Crippen molar-refractivity contribution < 1.29 is 9.90 Å². The van der Waals surface area contributed by atoms with E-state index in [1.165, 1.54) is 0 Å². The molecule has 1 aromatic heterocycles. The van der Waals surface area contributed by atoms with E-state index >= 15 is 0 Å². The van der Waals surface area contributed by atoms with E-state index in [9.17, 15) is 4.79 Å². The maximum atomic E-state index is 10.7. The molecular formula is C13H16N2O2. The largest absolute Gasteiger partial charge is 0.481 e. The van der Waals surface area contributed by atoms with Crippen molar-refractivity contribution in [3.05, 3.63) is 30.1 Å². The van der Waals surface area contributed by atoms with Gasteiger partial charge < -0.3 is 9.67 Å². The summed E-state index contributed by atoms with van der Waals surface area (Å²) in [4.78, 5) is 15.0. The number of aliphatic carboxylic acids is 1. The van der Waals surface area contributed by atoms with Crippen LogP contribution in [0.15, 0.2) is 24.5 Å². The molecule has 1 N–H and O–H groups in total. The third-order valence-corrected chi connectivity index (χ3v) is 3.04. The number of nitrogens with zero attached hydrogens (tertiary/aromatic N) is 2. The van der Waals surface area contributed by atoms with Gasteiger partial charge in [-0.2, -0.15) is 0 Å². The van der Waals surface area contributed by atoms with E-state index in [4.69, 9.17) is 5.11 Å². The highest BCUT2D eigenvalue weighted by molar-refractivity contribution is 5.76. The van der Waals surface area contributed by atoms with Gasteiger partial charge in [0.2, 0.25) is 0 Å². The number of imidazole rings is 1. The lowest BCUT2D eigenvalue weighted by Gasteiger charge is -2.09. The van der Waals surface area contributed by atoms with Gasteiger partial charge in [0.15, 0.2) is 0 Å². The van der Waals surface area contributed by atoms with Gasteiger partial charge in [-0.15, -0.1) is 0 Å². The minimum absolute atomic E-state index is 0.0173. The number of aryl methyl sites for hydroxylation is 1. The van der Waals surface area contributed by atoms with E-state index in [-0.39, 0.29) is 12.3 Å². The van der Waals surface area contributed by atoms with Crippen LogP contribution >= 0.6 is 0 Å². The van der Waals surface area contributed by atoms with Crippen molar-refractivity contribution in [2.45, 2.75) is 32.7 Å². The highest BCUT2D eigenvalue weighted by Crippen LogP contribution is 2.23. The molecule has 0 spiro atoms. The third-order valence-electron chi connectivity index (χ3n) is 3.04. The highest BCUT2D eigenvalue weighted by atomic mass is 16.4. The molecule has 2 aromatic rings. The molecule has 0 aliphatic carbocycles. The predicted octanol–water partition coefficient (Wildman–Crippen LogP) is 2.63. The molecule has 1 unspecified atom stereocenters. The Morgan fingerprint density at radius 1 is 1.53 bits per heavy atom. The van der Waals surface area contributed by atoms with E-state index < -0.39 is 5.97 Å². The van der Waals surface area contributed by atoms with Crippen LogP contribution in [0.5, 0.6) is 0 Å². The average molecular weight is 232 g/mol. The first-order valence-electron chi connectivity index (χ1n) is 5.78. The van der Waals surface area contributed by atoms with Crippen LogP contribution in [0, 0.1) is 0 Å². The van der Waals surface area contributed by atoms with Gasteiger partial charge in [-0.1, -0.05) is 13.0 Å². The van der Waals surface area contributed by atoms with Crippen LogP contribution in [0.2, 0.25) is 0 Å². The number of carbonyl (C=O) groups is 1. The number of hydrogen-bond acceptors (Lipinski definition) is 2. The summed E-state index contributed by atoms with van der Waals surface area (Å²) in [7, 11) is 0. The van der Waals surface area contributed by atoms with Crippen LogP contribution in [0.1, 0.15) is 31.7 Å². The fourth-order valence-electron chi connectivity index (χ4n) is 2.02. The molecule has 1 aromatic carbocycles. The molecule has 1 atom stereocenters. The van der Waals surface area contributed by atoms with Gasteiger partial charge in [0.25, 0.3) is 0 Å². The standard InChI is InChI=1S/C13H16N2O2/c1-3-15-8-14-11-7-10(4-5-12(11)15)9(2)6-13(16)17/h4-5,7-9H,3,6H2,1-2H3,(H,16,17). The lowest BCUT2D eigenvalue weighted by Crippen LogP contribution is -2.02. The summed E-state index contributed by atoms with van der Waals surface area (Å²) >= 11 is 0. The fourth-order valence-corrected chi connectivity index (χ4v) is 2.02. The topological polar surface area (TPSA) is 55.1 Å². The number of hydrogen-bond donors (Lipinski definition) is 1. The monoisotopic (exact) mass is 232 g/mol. The second-order valence-electron chi connectivity index (χ2n) is 4.28. The van der Waals surface area contributed by atoms with E-state index in [2.05, 4.69) is 16.5 Å². The van der Waals surface area contributed by atoms with Gasteiger partial charge in [-0.3, -0.25) is 4.79 Å². The quantitative estimate of drug-likeness (QED) is 0.881. The molecule has 2 rings (SSSR count). The molecule has 0 aliphatic heterocycles. The molecule has 17 heavy (non-hydrogen) atoms. The zero-order valence-electron chi connectivity index (χ0n) is 10.1. The average Bonchev–Trinajstić information content (AvgIpc) is 2.69. The first-order chi connectivity index (χ1) is 8.11. The first-order valence-corrected chi connectivity index (χ1v) is 5.78. The molecule has 0 amide bonds. The lowest BCUT2D eigenvalue weighted by atomic mass is 9.97. The predicted molar refractivity (Wildman–Crippen MR) is 66.1 cm³/mol. The van der Waals surface area contributed by atoms with Gasteiger partial charge in [0.05, 0.1) is 23.8 Å². The maximum Gasteiger partial charge on any atom is 0.303 e. The molecule has 0 fully saturated rings. The zero-order valence-corrected chi connectivity index (χ0v) is 10.1. The van der Waals surface area contributed by atoms with Crippen LogP contribution in [-0.2, 0) is 11.3 Å². The number of carboxylic acids is 1. The molecule has 4 heteroatoms. The summed E-state index contributed by atoms with van der Waals surface area (Å²) in [6.07, 6.45) is 1.97. The van der Waals surface area contributed by atoms with Crippen molar-refractivity contribution in [3.8, 4) is 0 Å². The Morgan fingerprint density at radius 2 is 2.29 bits per heavy atom. The Balaban J connectivity index is 2.35. The van der Waals surface area contributed by atoms with Gasteiger partial charge in [0.1, 0.15) is 0 Å². The molecule has 0 bridgehead atoms. The molecule has 1 heterocycles. The number of carboxylic acid groups (broad SMARTS) is 1. The molecule has 0 saturated carbocycles. The van der Waals surface area contributed by atoms with E-state index in [0.717, 1.165) is 23.1 Å². The Labute approximate surface area is 99.9 Å². The van der Waals surface area contributed by atoms with Crippen molar-refractivity contribution >= 4 is 17.0 Å². The molecule has 0 saturated heterocycles. The summed E-state index contributed by atoms with van der Waals surface area (Å²) < 4.78 is 2.07. The minimum Gasteiger partial charge on any atom is -0.481 e. The smallest absolute Gasteiger partial charge is 0.303 e. The van der Waals surface area contributed by atoms with Gasteiger partial charge in [-0.25, -0.2) is 4.98 Å². The van der Waals surface area contributed by atoms with Crippen LogP contribution in [-0.4, -0.2) is 20.6 Å². The molecular weight excluding hydrogens is 216 g/mol. The second kappa shape index (κ2) is 4.57. The molecule has 4 nitrogen and oxygen atoms in total. The summed E-state index contributed by atoms with van der Waals surface area (Å²) in [5.41, 5.74) is 3.06. The minimum atomic E-state index is -0.767. The van der Waals surface area contributed by atoms with Crippen molar-refractivity contribution in [3.63, 3.8) is 0 Å². The number of fused-ring (bicyclic) bond motifs is 1. The second-order valence-corrected chi connectivity index (χ2v) is 4.28. The van der Waals surface area contributed by atoms with E-state index in [1.807, 2.05) is 31.5 Å². The lowest BCUT2D eigenvalue weighted by molar-refractivity contribution is -0.137. The van der Waals surface area contributed by atoms with Crippen molar-refractivity contribution in [2.24, 2.45) is 0 Å². The number of rotatable bonds is 4. The third kappa shape index (κ3) is 2.30. The van der Waals surface area contributed by atoms with Gasteiger partial charge in [-0.05, 0) is 30.5 Å².